The lowest BCUT2D eigenvalue weighted by molar-refractivity contribution is 0.542. The molecule has 0 amide bonds. The van der Waals surface area contributed by atoms with Gasteiger partial charge in [-0.15, -0.1) is 0 Å². The van der Waals surface area contributed by atoms with E-state index >= 15 is 0 Å². The number of rotatable bonds is 3. The molecule has 1 heteroatoms. The van der Waals surface area contributed by atoms with Gasteiger partial charge in [0, 0.05) is 12.6 Å². The number of nitrogens with one attached hydrogen (secondary N) is 1. The summed E-state index contributed by atoms with van der Waals surface area (Å²) in [6.45, 7) is 1.02. The molecule has 0 aromatic heterocycles. The molecule has 0 spiro atoms. The molecule has 0 saturated heterocycles. The Labute approximate surface area is 102 Å². The Morgan fingerprint density at radius 2 is 1.71 bits per heavy atom. The van der Waals surface area contributed by atoms with Crippen molar-refractivity contribution in [1.82, 2.24) is 5.32 Å². The number of fused-ring (bicyclic) bond motifs is 1. The second-order valence-electron chi connectivity index (χ2n) is 4.66. The average molecular weight is 223 g/mol. The van der Waals surface area contributed by atoms with E-state index in [4.69, 9.17) is 0 Å². The highest BCUT2D eigenvalue weighted by Gasteiger charge is 2.20. The van der Waals surface area contributed by atoms with Crippen molar-refractivity contribution in [3.05, 3.63) is 71.3 Å². The van der Waals surface area contributed by atoms with Gasteiger partial charge in [-0.3, -0.25) is 0 Å². The quantitative estimate of drug-likeness (QED) is 0.840. The third kappa shape index (κ3) is 2.25. The summed E-state index contributed by atoms with van der Waals surface area (Å²) in [6.07, 6.45) is 2.33. The maximum absolute atomic E-state index is 3.59. The van der Waals surface area contributed by atoms with Gasteiger partial charge in [0.05, 0.1) is 0 Å². The first kappa shape index (κ1) is 10.5. The molecule has 1 aliphatic rings. The summed E-state index contributed by atoms with van der Waals surface area (Å²) in [5, 5.41) is 3.59. The van der Waals surface area contributed by atoms with Crippen molar-refractivity contribution in [1.29, 1.82) is 0 Å². The summed E-state index contributed by atoms with van der Waals surface area (Å²) < 4.78 is 0. The van der Waals surface area contributed by atoms with Crippen LogP contribution < -0.4 is 5.32 Å². The Morgan fingerprint density at radius 1 is 0.941 bits per heavy atom. The van der Waals surface area contributed by atoms with Crippen molar-refractivity contribution < 1.29 is 0 Å². The van der Waals surface area contributed by atoms with Crippen molar-refractivity contribution in [3.8, 4) is 0 Å². The standard InChI is InChI=1S/C16H17N/c1-2-6-13(7-3-1)10-11-16-15-9-5-4-8-14(15)12-17-16/h1-9,16-17H,10-12H2/t16-/m0/s1. The van der Waals surface area contributed by atoms with E-state index in [1.165, 1.54) is 23.1 Å². The van der Waals surface area contributed by atoms with Crippen LogP contribution >= 0.6 is 0 Å². The molecule has 3 rings (SSSR count). The number of benzene rings is 2. The summed E-state index contributed by atoms with van der Waals surface area (Å²) in [4.78, 5) is 0. The number of hydrogen-bond donors (Lipinski definition) is 1. The van der Waals surface area contributed by atoms with Gasteiger partial charge in [0.25, 0.3) is 0 Å². The molecule has 1 atom stereocenters. The molecule has 0 saturated carbocycles. The fourth-order valence-corrected chi connectivity index (χ4v) is 2.59. The highest BCUT2D eigenvalue weighted by Crippen LogP contribution is 2.28. The Hall–Kier alpha value is -1.60. The van der Waals surface area contributed by atoms with E-state index in [2.05, 4.69) is 59.9 Å². The van der Waals surface area contributed by atoms with Crippen LogP contribution in [-0.4, -0.2) is 0 Å². The van der Waals surface area contributed by atoms with E-state index in [0.29, 0.717) is 6.04 Å². The van der Waals surface area contributed by atoms with Crippen molar-refractivity contribution in [2.75, 3.05) is 0 Å². The minimum atomic E-state index is 0.534. The van der Waals surface area contributed by atoms with E-state index < -0.39 is 0 Å². The average Bonchev–Trinajstić information content (AvgIpc) is 2.81. The molecule has 17 heavy (non-hydrogen) atoms. The fourth-order valence-electron chi connectivity index (χ4n) is 2.59. The minimum absolute atomic E-state index is 0.534. The largest absolute Gasteiger partial charge is 0.306 e. The molecule has 0 unspecified atom stereocenters. The van der Waals surface area contributed by atoms with Gasteiger partial charge in [0.15, 0.2) is 0 Å². The fraction of sp³-hybridized carbons (Fsp3) is 0.250. The molecular formula is C16H17N. The van der Waals surface area contributed by atoms with E-state index in [0.717, 1.165) is 13.0 Å². The molecule has 0 fully saturated rings. The lowest BCUT2D eigenvalue weighted by atomic mass is 9.99. The van der Waals surface area contributed by atoms with Crippen molar-refractivity contribution in [2.24, 2.45) is 0 Å². The first-order valence-corrected chi connectivity index (χ1v) is 6.28. The van der Waals surface area contributed by atoms with Crippen LogP contribution in [0, 0.1) is 0 Å². The summed E-state index contributed by atoms with van der Waals surface area (Å²) in [7, 11) is 0. The highest BCUT2D eigenvalue weighted by molar-refractivity contribution is 5.33. The van der Waals surface area contributed by atoms with Crippen LogP contribution in [0.2, 0.25) is 0 Å². The summed E-state index contributed by atoms with van der Waals surface area (Å²) in [5.41, 5.74) is 4.38. The lowest BCUT2D eigenvalue weighted by Gasteiger charge is -2.11. The zero-order chi connectivity index (χ0) is 11.5. The lowest BCUT2D eigenvalue weighted by Crippen LogP contribution is -2.12. The van der Waals surface area contributed by atoms with Gasteiger partial charge in [-0.1, -0.05) is 54.6 Å². The van der Waals surface area contributed by atoms with E-state index in [-0.39, 0.29) is 0 Å². The summed E-state index contributed by atoms with van der Waals surface area (Å²) >= 11 is 0. The Bertz CT molecular complexity index is 490. The third-order valence-corrected chi connectivity index (χ3v) is 3.53. The van der Waals surface area contributed by atoms with E-state index in [1.54, 1.807) is 0 Å². The van der Waals surface area contributed by atoms with Gasteiger partial charge in [-0.05, 0) is 29.5 Å². The van der Waals surface area contributed by atoms with Crippen LogP contribution in [0.1, 0.15) is 29.2 Å². The zero-order valence-corrected chi connectivity index (χ0v) is 9.89. The van der Waals surface area contributed by atoms with E-state index in [9.17, 15) is 0 Å². The minimum Gasteiger partial charge on any atom is -0.306 e. The Kier molecular flexibility index (Phi) is 2.93. The van der Waals surface area contributed by atoms with Gasteiger partial charge < -0.3 is 5.32 Å². The monoisotopic (exact) mass is 223 g/mol. The van der Waals surface area contributed by atoms with Crippen LogP contribution in [0.4, 0.5) is 0 Å². The van der Waals surface area contributed by atoms with E-state index in [1.807, 2.05) is 0 Å². The second-order valence-corrected chi connectivity index (χ2v) is 4.66. The maximum atomic E-state index is 3.59. The van der Waals surface area contributed by atoms with Gasteiger partial charge in [0.1, 0.15) is 0 Å². The zero-order valence-electron chi connectivity index (χ0n) is 9.89. The molecule has 2 aromatic rings. The van der Waals surface area contributed by atoms with Crippen LogP contribution in [0.15, 0.2) is 54.6 Å². The molecule has 1 heterocycles. The van der Waals surface area contributed by atoms with Crippen LogP contribution in [0.3, 0.4) is 0 Å². The smallest absolute Gasteiger partial charge is 0.0329 e. The molecule has 0 bridgehead atoms. The number of hydrogen-bond acceptors (Lipinski definition) is 1. The first-order valence-electron chi connectivity index (χ1n) is 6.28. The SMILES string of the molecule is c1ccc(CC[C@@H]2NCc3ccccc32)cc1. The molecular weight excluding hydrogens is 206 g/mol. The highest BCUT2D eigenvalue weighted by atomic mass is 14.9. The Balaban J connectivity index is 1.68. The summed E-state index contributed by atoms with van der Waals surface area (Å²) in [6, 6.07) is 20.0. The van der Waals surface area contributed by atoms with Crippen LogP contribution in [-0.2, 0) is 13.0 Å². The maximum Gasteiger partial charge on any atom is 0.0329 e. The topological polar surface area (TPSA) is 12.0 Å². The van der Waals surface area contributed by atoms with Gasteiger partial charge in [0.2, 0.25) is 0 Å². The second kappa shape index (κ2) is 4.72. The first-order chi connectivity index (χ1) is 8.43. The molecule has 2 aromatic carbocycles. The molecule has 86 valence electrons. The normalized spacial score (nSPS) is 18.0. The van der Waals surface area contributed by atoms with Gasteiger partial charge >= 0.3 is 0 Å². The van der Waals surface area contributed by atoms with Crippen molar-refractivity contribution >= 4 is 0 Å². The molecule has 1 N–H and O–H groups in total. The van der Waals surface area contributed by atoms with Crippen LogP contribution in [0.5, 0.6) is 0 Å². The van der Waals surface area contributed by atoms with Gasteiger partial charge in [-0.25, -0.2) is 0 Å². The van der Waals surface area contributed by atoms with Gasteiger partial charge in [-0.2, -0.15) is 0 Å². The van der Waals surface area contributed by atoms with Crippen LogP contribution in [0.25, 0.3) is 0 Å². The predicted octanol–water partition coefficient (Wildman–Crippen LogP) is 3.46. The number of aryl methyl sites for hydroxylation is 1. The van der Waals surface area contributed by atoms with Crippen molar-refractivity contribution in [2.45, 2.75) is 25.4 Å². The molecule has 0 aliphatic carbocycles. The third-order valence-electron chi connectivity index (χ3n) is 3.53. The molecule has 1 nitrogen and oxygen atoms in total. The molecule has 1 aliphatic heterocycles. The Morgan fingerprint density at radius 3 is 2.59 bits per heavy atom. The summed E-state index contributed by atoms with van der Waals surface area (Å²) in [5.74, 6) is 0. The predicted molar refractivity (Wildman–Crippen MR) is 70.8 cm³/mol. The van der Waals surface area contributed by atoms with Crippen molar-refractivity contribution in [3.63, 3.8) is 0 Å². The molecule has 0 radical (unpaired) electrons.